The molecule has 0 amide bonds. The molecule has 2 unspecified atom stereocenters. The third-order valence-corrected chi connectivity index (χ3v) is 7.39. The van der Waals surface area contributed by atoms with Gasteiger partial charge in [0.1, 0.15) is 5.76 Å². The number of aliphatic imine (C=N–C) groups is 1. The highest BCUT2D eigenvalue weighted by atomic mass is 127. The van der Waals surface area contributed by atoms with Gasteiger partial charge in [-0.15, -0.1) is 24.0 Å². The molecular formula is C22H40IN5OS. The van der Waals surface area contributed by atoms with Gasteiger partial charge in [-0.05, 0) is 78.1 Å². The number of oxazole rings is 1. The molecule has 1 aliphatic carbocycles. The van der Waals surface area contributed by atoms with Gasteiger partial charge in [0.05, 0.1) is 12.2 Å². The third-order valence-electron chi connectivity index (χ3n) is 6.29. The lowest BCUT2D eigenvalue weighted by Gasteiger charge is -2.31. The molecule has 0 aromatic carbocycles. The van der Waals surface area contributed by atoms with Gasteiger partial charge in [-0.25, -0.2) is 4.98 Å². The van der Waals surface area contributed by atoms with Crippen molar-refractivity contribution in [2.45, 2.75) is 77.1 Å². The Labute approximate surface area is 203 Å². The van der Waals surface area contributed by atoms with Gasteiger partial charge in [-0.1, -0.05) is 6.42 Å². The van der Waals surface area contributed by atoms with Crippen LogP contribution in [0.3, 0.4) is 0 Å². The minimum Gasteiger partial charge on any atom is -0.444 e. The fraction of sp³-hybridized carbons (Fsp3) is 0.818. The Kier molecular flexibility index (Phi) is 11.3. The first-order chi connectivity index (χ1) is 14.1. The summed E-state index contributed by atoms with van der Waals surface area (Å²) in [6.07, 6.45) is 9.83. The molecule has 0 bridgehead atoms. The van der Waals surface area contributed by atoms with Crippen molar-refractivity contribution in [2.24, 2.45) is 10.9 Å². The summed E-state index contributed by atoms with van der Waals surface area (Å²) in [7, 11) is 0. The Balaban J connectivity index is 0.00000320. The lowest BCUT2D eigenvalue weighted by Crippen LogP contribution is -2.46. The van der Waals surface area contributed by atoms with Crippen LogP contribution in [0.25, 0.3) is 0 Å². The van der Waals surface area contributed by atoms with Crippen molar-refractivity contribution < 1.29 is 4.42 Å². The van der Waals surface area contributed by atoms with E-state index in [4.69, 9.17) is 9.41 Å². The van der Waals surface area contributed by atoms with Gasteiger partial charge in [-0.3, -0.25) is 9.89 Å². The zero-order valence-electron chi connectivity index (χ0n) is 19.1. The van der Waals surface area contributed by atoms with Crippen molar-refractivity contribution in [1.29, 1.82) is 0 Å². The van der Waals surface area contributed by atoms with E-state index in [1.807, 2.05) is 25.6 Å². The molecule has 30 heavy (non-hydrogen) atoms. The fourth-order valence-electron chi connectivity index (χ4n) is 4.35. The third kappa shape index (κ3) is 7.89. The van der Waals surface area contributed by atoms with Crippen LogP contribution in [-0.4, -0.2) is 59.6 Å². The zero-order chi connectivity index (χ0) is 20.6. The standard InChI is InChI=1S/C22H39N5OS.HI/c1-5-23-22(26-19-7-6-8-20(13-19)29-4)24-14-18-9-11-27(12-10-18)15-21-25-16(2)17(3)28-21;/h18-20H,5-15H2,1-4H3,(H2,23,24,26);1H. The number of aryl methyl sites for hydroxylation is 2. The number of likely N-dealkylation sites (tertiary alicyclic amines) is 1. The number of guanidine groups is 1. The molecule has 172 valence electrons. The largest absolute Gasteiger partial charge is 0.444 e. The number of hydrogen-bond donors (Lipinski definition) is 2. The molecule has 2 fully saturated rings. The minimum atomic E-state index is 0. The van der Waals surface area contributed by atoms with Crippen molar-refractivity contribution in [1.82, 2.24) is 20.5 Å². The van der Waals surface area contributed by atoms with E-state index in [0.29, 0.717) is 12.0 Å². The van der Waals surface area contributed by atoms with Crippen LogP contribution in [0, 0.1) is 19.8 Å². The van der Waals surface area contributed by atoms with Crippen LogP contribution in [0.2, 0.25) is 0 Å². The van der Waals surface area contributed by atoms with E-state index in [1.54, 1.807) is 0 Å². The SMILES string of the molecule is CCNC(=NCC1CCN(Cc2nc(C)c(C)o2)CC1)NC1CCCC(SC)C1.I. The molecule has 8 heteroatoms. The lowest BCUT2D eigenvalue weighted by atomic mass is 9.95. The van der Waals surface area contributed by atoms with E-state index < -0.39 is 0 Å². The van der Waals surface area contributed by atoms with Gasteiger partial charge in [0.25, 0.3) is 0 Å². The second kappa shape index (κ2) is 13.2. The summed E-state index contributed by atoms with van der Waals surface area (Å²) in [5, 5.41) is 7.95. The number of rotatable bonds is 7. The van der Waals surface area contributed by atoms with Crippen LogP contribution in [0.4, 0.5) is 0 Å². The molecule has 3 rings (SSSR count). The molecule has 1 aromatic heterocycles. The summed E-state index contributed by atoms with van der Waals surface area (Å²) >= 11 is 2.01. The Morgan fingerprint density at radius 3 is 2.63 bits per heavy atom. The Hall–Kier alpha value is -0.480. The lowest BCUT2D eigenvalue weighted by molar-refractivity contribution is 0.166. The molecule has 6 nitrogen and oxygen atoms in total. The van der Waals surface area contributed by atoms with E-state index in [9.17, 15) is 0 Å². The number of hydrogen-bond acceptors (Lipinski definition) is 5. The van der Waals surface area contributed by atoms with Gasteiger partial charge in [-0.2, -0.15) is 11.8 Å². The van der Waals surface area contributed by atoms with E-state index in [-0.39, 0.29) is 24.0 Å². The van der Waals surface area contributed by atoms with Crippen LogP contribution in [0.15, 0.2) is 9.41 Å². The summed E-state index contributed by atoms with van der Waals surface area (Å²) in [6, 6.07) is 0.563. The molecule has 1 saturated carbocycles. The second-order valence-corrected chi connectivity index (χ2v) is 9.69. The Morgan fingerprint density at radius 2 is 2.00 bits per heavy atom. The van der Waals surface area contributed by atoms with Gasteiger partial charge < -0.3 is 15.1 Å². The average molecular weight is 550 g/mol. The van der Waals surface area contributed by atoms with E-state index >= 15 is 0 Å². The average Bonchev–Trinajstić information content (AvgIpc) is 3.04. The van der Waals surface area contributed by atoms with E-state index in [1.165, 1.54) is 38.5 Å². The van der Waals surface area contributed by atoms with Crippen LogP contribution in [0.5, 0.6) is 0 Å². The number of aromatic nitrogens is 1. The van der Waals surface area contributed by atoms with Crippen LogP contribution < -0.4 is 10.6 Å². The first-order valence-corrected chi connectivity index (χ1v) is 12.6. The smallest absolute Gasteiger partial charge is 0.208 e. The summed E-state index contributed by atoms with van der Waals surface area (Å²) in [4.78, 5) is 11.9. The Morgan fingerprint density at radius 1 is 1.23 bits per heavy atom. The van der Waals surface area contributed by atoms with Crippen molar-refractivity contribution >= 4 is 41.7 Å². The van der Waals surface area contributed by atoms with Gasteiger partial charge in [0.15, 0.2) is 5.96 Å². The van der Waals surface area contributed by atoms with Gasteiger partial charge in [0.2, 0.25) is 5.89 Å². The summed E-state index contributed by atoms with van der Waals surface area (Å²) < 4.78 is 5.74. The molecule has 0 radical (unpaired) electrons. The van der Waals surface area contributed by atoms with Crippen LogP contribution in [0.1, 0.15) is 62.8 Å². The minimum absolute atomic E-state index is 0. The number of piperidine rings is 1. The molecule has 2 aliphatic rings. The highest BCUT2D eigenvalue weighted by molar-refractivity contribution is 14.0. The predicted octanol–water partition coefficient (Wildman–Crippen LogP) is 4.35. The Bertz CT molecular complexity index is 640. The van der Waals surface area contributed by atoms with Gasteiger partial charge in [0, 0.05) is 24.4 Å². The monoisotopic (exact) mass is 549 g/mol. The molecule has 1 aliphatic heterocycles. The first-order valence-electron chi connectivity index (χ1n) is 11.3. The maximum absolute atomic E-state index is 5.74. The molecule has 1 saturated heterocycles. The molecular weight excluding hydrogens is 509 g/mol. The van der Waals surface area contributed by atoms with Crippen molar-refractivity contribution in [3.8, 4) is 0 Å². The first kappa shape index (κ1) is 25.8. The highest BCUT2D eigenvalue weighted by Gasteiger charge is 2.23. The number of nitrogens with one attached hydrogen (secondary N) is 2. The normalized spacial score (nSPS) is 23.8. The quantitative estimate of drug-likeness (QED) is 0.300. The number of nitrogens with zero attached hydrogens (tertiary/aromatic N) is 3. The molecule has 2 atom stereocenters. The zero-order valence-corrected chi connectivity index (χ0v) is 22.2. The summed E-state index contributed by atoms with van der Waals surface area (Å²) in [5.74, 6) is 3.47. The van der Waals surface area contributed by atoms with Crippen LogP contribution >= 0.6 is 35.7 Å². The molecule has 2 heterocycles. The maximum Gasteiger partial charge on any atom is 0.208 e. The van der Waals surface area contributed by atoms with E-state index in [0.717, 1.165) is 61.3 Å². The predicted molar refractivity (Wildman–Crippen MR) is 138 cm³/mol. The van der Waals surface area contributed by atoms with Crippen molar-refractivity contribution in [2.75, 3.05) is 32.4 Å². The maximum atomic E-state index is 5.74. The second-order valence-electron chi connectivity index (χ2n) is 8.55. The fourth-order valence-corrected chi connectivity index (χ4v) is 5.18. The van der Waals surface area contributed by atoms with Crippen molar-refractivity contribution in [3.63, 3.8) is 0 Å². The van der Waals surface area contributed by atoms with Gasteiger partial charge >= 0.3 is 0 Å². The summed E-state index contributed by atoms with van der Waals surface area (Å²) in [6.45, 7) is 11.0. The molecule has 1 aromatic rings. The molecule has 2 N–H and O–H groups in total. The topological polar surface area (TPSA) is 65.7 Å². The highest BCUT2D eigenvalue weighted by Crippen LogP contribution is 2.27. The molecule has 0 spiro atoms. The van der Waals surface area contributed by atoms with Crippen molar-refractivity contribution in [3.05, 3.63) is 17.3 Å². The number of halogens is 1. The van der Waals surface area contributed by atoms with E-state index in [2.05, 4.69) is 33.7 Å². The number of thioether (sulfide) groups is 1. The summed E-state index contributed by atoms with van der Waals surface area (Å²) in [5.41, 5.74) is 1.01. The van der Waals surface area contributed by atoms with Crippen LogP contribution in [-0.2, 0) is 6.54 Å².